The minimum atomic E-state index is -0.0875. The van der Waals surface area contributed by atoms with Crippen LogP contribution in [0.3, 0.4) is 0 Å². The second-order valence-corrected chi connectivity index (χ2v) is 5.36. The third kappa shape index (κ3) is 2.51. The van der Waals surface area contributed by atoms with E-state index < -0.39 is 0 Å². The van der Waals surface area contributed by atoms with Gasteiger partial charge in [-0.15, -0.1) is 0 Å². The fourth-order valence-corrected chi connectivity index (χ4v) is 2.88. The van der Waals surface area contributed by atoms with E-state index in [9.17, 15) is 4.79 Å². The van der Waals surface area contributed by atoms with Gasteiger partial charge >= 0.3 is 0 Å². The first-order chi connectivity index (χ1) is 9.25. The summed E-state index contributed by atoms with van der Waals surface area (Å²) in [6.07, 6.45) is 0.791. The summed E-state index contributed by atoms with van der Waals surface area (Å²) in [5, 5.41) is 3.36. The lowest BCUT2D eigenvalue weighted by Crippen LogP contribution is -2.55. The Morgan fingerprint density at radius 3 is 2.95 bits per heavy atom. The molecule has 1 saturated heterocycles. The Kier molecular flexibility index (Phi) is 3.53. The molecule has 19 heavy (non-hydrogen) atoms. The van der Waals surface area contributed by atoms with E-state index in [1.54, 1.807) is 0 Å². The van der Waals surface area contributed by atoms with Gasteiger partial charge in [-0.25, -0.2) is 0 Å². The normalized spacial score (nSPS) is 26.9. The van der Waals surface area contributed by atoms with Gasteiger partial charge in [0.15, 0.2) is 0 Å². The first kappa shape index (κ1) is 12.6. The van der Waals surface area contributed by atoms with Crippen molar-refractivity contribution in [2.24, 2.45) is 0 Å². The van der Waals surface area contributed by atoms with E-state index in [1.807, 2.05) is 24.0 Å². The maximum absolute atomic E-state index is 12.6. The standard InChI is InChI=1S/C15H20N2O2/c1-11-10-19-7-6-17(11)15(18)14-8-12-4-2-3-5-13(12)9-16-14/h2-5,11,14,16H,6-10H2,1H3. The topological polar surface area (TPSA) is 41.6 Å². The predicted octanol–water partition coefficient (Wildman–Crippen LogP) is 0.948. The molecule has 2 aliphatic heterocycles. The van der Waals surface area contributed by atoms with Gasteiger partial charge in [-0.2, -0.15) is 0 Å². The first-order valence-electron chi connectivity index (χ1n) is 6.94. The van der Waals surface area contributed by atoms with Crippen molar-refractivity contribution in [3.8, 4) is 0 Å². The highest BCUT2D eigenvalue weighted by molar-refractivity contribution is 5.83. The van der Waals surface area contributed by atoms with Crippen LogP contribution >= 0.6 is 0 Å². The minimum Gasteiger partial charge on any atom is -0.377 e. The molecule has 1 amide bonds. The van der Waals surface area contributed by atoms with Crippen molar-refractivity contribution < 1.29 is 9.53 Å². The number of hydrogen-bond acceptors (Lipinski definition) is 3. The van der Waals surface area contributed by atoms with Crippen LogP contribution in [-0.4, -0.2) is 42.6 Å². The van der Waals surface area contributed by atoms with Crippen LogP contribution in [0.5, 0.6) is 0 Å². The Morgan fingerprint density at radius 1 is 1.37 bits per heavy atom. The van der Waals surface area contributed by atoms with Crippen molar-refractivity contribution in [2.75, 3.05) is 19.8 Å². The molecule has 0 aromatic heterocycles. The van der Waals surface area contributed by atoms with Gasteiger partial charge in [0, 0.05) is 13.1 Å². The second kappa shape index (κ2) is 5.31. The van der Waals surface area contributed by atoms with E-state index in [-0.39, 0.29) is 18.0 Å². The van der Waals surface area contributed by atoms with E-state index in [0.717, 1.165) is 13.0 Å². The molecule has 102 valence electrons. The van der Waals surface area contributed by atoms with Gasteiger partial charge in [0.2, 0.25) is 5.91 Å². The second-order valence-electron chi connectivity index (χ2n) is 5.36. The summed E-state index contributed by atoms with van der Waals surface area (Å²) in [6, 6.07) is 8.44. The van der Waals surface area contributed by atoms with Gasteiger partial charge in [-0.3, -0.25) is 4.79 Å². The Balaban J connectivity index is 1.72. The van der Waals surface area contributed by atoms with Crippen LogP contribution < -0.4 is 5.32 Å². The predicted molar refractivity (Wildman–Crippen MR) is 72.8 cm³/mol. The number of hydrogen-bond donors (Lipinski definition) is 1. The van der Waals surface area contributed by atoms with Crippen LogP contribution in [0.25, 0.3) is 0 Å². The zero-order valence-electron chi connectivity index (χ0n) is 11.3. The summed E-state index contributed by atoms with van der Waals surface area (Å²) >= 11 is 0. The third-order valence-corrected chi connectivity index (χ3v) is 4.03. The minimum absolute atomic E-state index is 0.0875. The summed E-state index contributed by atoms with van der Waals surface area (Å²) in [5.74, 6) is 0.213. The lowest BCUT2D eigenvalue weighted by atomic mass is 9.95. The Hall–Kier alpha value is -1.39. The van der Waals surface area contributed by atoms with Gasteiger partial charge < -0.3 is 15.0 Å². The highest BCUT2D eigenvalue weighted by Crippen LogP contribution is 2.18. The number of nitrogens with one attached hydrogen (secondary N) is 1. The third-order valence-electron chi connectivity index (χ3n) is 4.03. The molecular formula is C15H20N2O2. The average molecular weight is 260 g/mol. The summed E-state index contributed by atoms with van der Waals surface area (Å²) in [5.41, 5.74) is 2.60. The van der Waals surface area contributed by atoms with E-state index in [1.165, 1.54) is 11.1 Å². The smallest absolute Gasteiger partial charge is 0.240 e. The largest absolute Gasteiger partial charge is 0.377 e. The molecular weight excluding hydrogens is 240 g/mol. The SMILES string of the molecule is CC1COCCN1C(=O)C1Cc2ccccc2CN1. The molecule has 1 N–H and O–H groups in total. The molecule has 0 spiro atoms. The number of carbonyl (C=O) groups excluding carboxylic acids is 1. The van der Waals surface area contributed by atoms with Crippen molar-refractivity contribution in [1.82, 2.24) is 10.2 Å². The van der Waals surface area contributed by atoms with E-state index in [0.29, 0.717) is 19.8 Å². The summed E-state index contributed by atoms with van der Waals surface area (Å²) in [4.78, 5) is 14.5. The van der Waals surface area contributed by atoms with Gasteiger partial charge in [0.1, 0.15) is 0 Å². The molecule has 0 bridgehead atoms. The van der Waals surface area contributed by atoms with Crippen molar-refractivity contribution in [2.45, 2.75) is 32.0 Å². The van der Waals surface area contributed by atoms with Gasteiger partial charge in [-0.05, 0) is 24.5 Å². The number of nitrogens with zero attached hydrogens (tertiary/aromatic N) is 1. The van der Waals surface area contributed by atoms with E-state index >= 15 is 0 Å². The molecule has 1 aromatic carbocycles. The summed E-state index contributed by atoms with van der Waals surface area (Å²) < 4.78 is 5.39. The molecule has 0 saturated carbocycles. The molecule has 2 aliphatic rings. The first-order valence-corrected chi connectivity index (χ1v) is 6.94. The van der Waals surface area contributed by atoms with Crippen LogP contribution in [0.4, 0.5) is 0 Å². The molecule has 2 atom stereocenters. The van der Waals surface area contributed by atoms with Crippen LogP contribution in [0.1, 0.15) is 18.1 Å². The van der Waals surface area contributed by atoms with Crippen molar-refractivity contribution in [3.63, 3.8) is 0 Å². The lowest BCUT2D eigenvalue weighted by Gasteiger charge is -2.37. The number of carbonyl (C=O) groups is 1. The Bertz CT molecular complexity index is 475. The number of rotatable bonds is 1. The van der Waals surface area contributed by atoms with Crippen molar-refractivity contribution in [3.05, 3.63) is 35.4 Å². The molecule has 4 nitrogen and oxygen atoms in total. The number of morpholine rings is 1. The fourth-order valence-electron chi connectivity index (χ4n) is 2.88. The van der Waals surface area contributed by atoms with Crippen LogP contribution in [0.15, 0.2) is 24.3 Å². The highest BCUT2D eigenvalue weighted by Gasteiger charge is 2.31. The molecule has 1 aromatic rings. The number of fused-ring (bicyclic) bond motifs is 1. The molecule has 0 radical (unpaired) electrons. The van der Waals surface area contributed by atoms with E-state index in [4.69, 9.17) is 4.74 Å². The van der Waals surface area contributed by atoms with Crippen LogP contribution in [-0.2, 0) is 22.5 Å². The van der Waals surface area contributed by atoms with Crippen molar-refractivity contribution >= 4 is 5.91 Å². The maximum atomic E-state index is 12.6. The van der Waals surface area contributed by atoms with Crippen LogP contribution in [0.2, 0.25) is 0 Å². The zero-order valence-corrected chi connectivity index (χ0v) is 11.3. The van der Waals surface area contributed by atoms with Gasteiger partial charge in [0.05, 0.1) is 25.3 Å². The molecule has 2 unspecified atom stereocenters. The fraction of sp³-hybridized carbons (Fsp3) is 0.533. The number of benzene rings is 1. The lowest BCUT2D eigenvalue weighted by molar-refractivity contribution is -0.141. The van der Waals surface area contributed by atoms with E-state index in [2.05, 4.69) is 17.4 Å². The van der Waals surface area contributed by atoms with Crippen molar-refractivity contribution in [1.29, 1.82) is 0 Å². The maximum Gasteiger partial charge on any atom is 0.240 e. The van der Waals surface area contributed by atoms with Gasteiger partial charge in [0.25, 0.3) is 0 Å². The molecule has 1 fully saturated rings. The number of amides is 1. The molecule has 4 heteroatoms. The summed E-state index contributed by atoms with van der Waals surface area (Å²) in [7, 11) is 0. The molecule has 0 aliphatic carbocycles. The number of ether oxygens (including phenoxy) is 1. The Morgan fingerprint density at radius 2 is 2.16 bits per heavy atom. The Labute approximate surface area is 113 Å². The molecule has 2 heterocycles. The summed E-state index contributed by atoms with van der Waals surface area (Å²) in [6.45, 7) is 4.84. The quantitative estimate of drug-likeness (QED) is 0.817. The highest BCUT2D eigenvalue weighted by atomic mass is 16.5. The van der Waals surface area contributed by atoms with Gasteiger partial charge in [-0.1, -0.05) is 24.3 Å². The zero-order chi connectivity index (χ0) is 13.2. The molecule has 3 rings (SSSR count). The average Bonchev–Trinajstić information content (AvgIpc) is 2.46. The van der Waals surface area contributed by atoms with Crippen LogP contribution in [0, 0.1) is 0 Å². The monoisotopic (exact) mass is 260 g/mol.